The summed E-state index contributed by atoms with van der Waals surface area (Å²) >= 11 is 0. The Morgan fingerprint density at radius 2 is 1.86 bits per heavy atom. The van der Waals surface area contributed by atoms with Crippen molar-refractivity contribution < 1.29 is 8.42 Å². The van der Waals surface area contributed by atoms with Crippen LogP contribution in [0.1, 0.15) is 18.4 Å². The summed E-state index contributed by atoms with van der Waals surface area (Å²) in [7, 11) is -3.64. The molecule has 6 nitrogen and oxygen atoms in total. The van der Waals surface area contributed by atoms with Crippen LogP contribution in [0.15, 0.2) is 47.9 Å². The van der Waals surface area contributed by atoms with Gasteiger partial charge in [-0.05, 0) is 24.5 Å². The maximum Gasteiger partial charge on any atom is 0.262 e. The molecule has 1 fully saturated rings. The van der Waals surface area contributed by atoms with Crippen molar-refractivity contribution in [2.75, 3.05) is 4.72 Å². The molecule has 2 N–H and O–H groups in total. The fourth-order valence-corrected chi connectivity index (χ4v) is 3.28. The lowest BCUT2D eigenvalue weighted by Gasteiger charge is -2.12. The van der Waals surface area contributed by atoms with Gasteiger partial charge in [-0.2, -0.15) is 0 Å². The zero-order chi connectivity index (χ0) is 14.7. The molecule has 0 saturated heterocycles. The highest BCUT2D eigenvalue weighted by Crippen LogP contribution is 2.22. The molecule has 0 atom stereocenters. The van der Waals surface area contributed by atoms with Crippen molar-refractivity contribution in [2.24, 2.45) is 0 Å². The van der Waals surface area contributed by atoms with Crippen molar-refractivity contribution >= 4 is 15.7 Å². The van der Waals surface area contributed by atoms with Gasteiger partial charge in [-0.1, -0.05) is 18.2 Å². The van der Waals surface area contributed by atoms with Gasteiger partial charge in [0.2, 0.25) is 0 Å². The van der Waals surface area contributed by atoms with Gasteiger partial charge < -0.3 is 5.32 Å². The number of sulfonamides is 1. The van der Waals surface area contributed by atoms with Gasteiger partial charge in [-0.3, -0.25) is 4.72 Å². The molecule has 0 unspecified atom stereocenters. The van der Waals surface area contributed by atoms with Crippen LogP contribution < -0.4 is 10.0 Å². The summed E-state index contributed by atoms with van der Waals surface area (Å²) in [6, 6.07) is 7.52. The molecule has 0 radical (unpaired) electrons. The monoisotopic (exact) mass is 304 g/mol. The van der Waals surface area contributed by atoms with E-state index in [2.05, 4.69) is 20.0 Å². The number of anilines is 1. The summed E-state index contributed by atoms with van der Waals surface area (Å²) in [5.41, 5.74) is 1.11. The Morgan fingerprint density at radius 3 is 2.57 bits per heavy atom. The van der Waals surface area contributed by atoms with E-state index in [1.165, 1.54) is 18.7 Å². The third kappa shape index (κ3) is 3.56. The lowest BCUT2D eigenvalue weighted by molar-refractivity contribution is 0.597. The van der Waals surface area contributed by atoms with E-state index in [0.29, 0.717) is 18.3 Å². The number of aromatic nitrogens is 2. The molecule has 1 aromatic heterocycles. The first-order chi connectivity index (χ1) is 10.1. The van der Waals surface area contributed by atoms with Gasteiger partial charge in [0, 0.05) is 12.6 Å². The van der Waals surface area contributed by atoms with E-state index in [-0.39, 0.29) is 4.90 Å². The Morgan fingerprint density at radius 1 is 1.14 bits per heavy atom. The van der Waals surface area contributed by atoms with Crippen LogP contribution in [-0.2, 0) is 16.6 Å². The van der Waals surface area contributed by atoms with Gasteiger partial charge in [-0.15, -0.1) is 0 Å². The highest BCUT2D eigenvalue weighted by Gasteiger charge is 2.23. The van der Waals surface area contributed by atoms with Crippen molar-refractivity contribution in [1.29, 1.82) is 0 Å². The SMILES string of the molecule is O=S(=O)(Nc1cncnc1)c1ccccc1CNC1CC1. The van der Waals surface area contributed by atoms with Gasteiger partial charge >= 0.3 is 0 Å². The Balaban J connectivity index is 1.83. The van der Waals surface area contributed by atoms with Gasteiger partial charge in [0.15, 0.2) is 0 Å². The van der Waals surface area contributed by atoms with E-state index in [1.54, 1.807) is 12.1 Å². The fourth-order valence-electron chi connectivity index (χ4n) is 2.02. The zero-order valence-corrected chi connectivity index (χ0v) is 12.2. The average Bonchev–Trinajstić information content (AvgIpc) is 3.30. The lowest BCUT2D eigenvalue weighted by Crippen LogP contribution is -2.20. The summed E-state index contributed by atoms with van der Waals surface area (Å²) in [6.07, 6.45) is 6.53. The lowest BCUT2D eigenvalue weighted by atomic mass is 10.2. The molecule has 2 aromatic rings. The standard InChI is InChI=1S/C14H16N4O2S/c19-21(20,18-13-8-15-10-16-9-13)14-4-2-1-3-11(14)7-17-12-5-6-12/h1-4,8-10,12,17-18H,5-7H2. The predicted molar refractivity (Wildman–Crippen MR) is 79.1 cm³/mol. The number of nitrogens with zero attached hydrogens (tertiary/aromatic N) is 2. The van der Waals surface area contributed by atoms with Crippen LogP contribution >= 0.6 is 0 Å². The first kappa shape index (κ1) is 14.0. The summed E-state index contributed by atoms with van der Waals surface area (Å²) in [4.78, 5) is 7.88. The van der Waals surface area contributed by atoms with Crippen LogP contribution in [0.4, 0.5) is 5.69 Å². The van der Waals surface area contributed by atoms with Gasteiger partial charge in [-0.25, -0.2) is 18.4 Å². The largest absolute Gasteiger partial charge is 0.310 e. The minimum absolute atomic E-state index is 0.280. The molecule has 1 saturated carbocycles. The van der Waals surface area contributed by atoms with Crippen LogP contribution in [-0.4, -0.2) is 24.4 Å². The number of hydrogen-bond donors (Lipinski definition) is 2. The molecule has 1 aliphatic rings. The number of nitrogens with one attached hydrogen (secondary N) is 2. The summed E-state index contributed by atoms with van der Waals surface area (Å²) in [5, 5.41) is 3.33. The van der Waals surface area contributed by atoms with Crippen LogP contribution in [0.25, 0.3) is 0 Å². The molecule has 110 valence electrons. The second-order valence-electron chi connectivity index (χ2n) is 5.00. The zero-order valence-electron chi connectivity index (χ0n) is 11.4. The molecule has 1 heterocycles. The minimum Gasteiger partial charge on any atom is -0.310 e. The minimum atomic E-state index is -3.64. The highest BCUT2D eigenvalue weighted by atomic mass is 32.2. The Bertz CT molecular complexity index is 715. The van der Waals surface area contributed by atoms with E-state index in [9.17, 15) is 8.42 Å². The van der Waals surface area contributed by atoms with Gasteiger partial charge in [0.1, 0.15) is 6.33 Å². The third-order valence-electron chi connectivity index (χ3n) is 3.23. The average molecular weight is 304 g/mol. The van der Waals surface area contributed by atoms with Crippen LogP contribution in [0.3, 0.4) is 0 Å². The molecule has 21 heavy (non-hydrogen) atoms. The van der Waals surface area contributed by atoms with Crippen LogP contribution in [0.5, 0.6) is 0 Å². The molecule has 0 spiro atoms. The summed E-state index contributed by atoms with van der Waals surface area (Å²) in [5.74, 6) is 0. The van der Waals surface area contributed by atoms with E-state index in [4.69, 9.17) is 0 Å². The Kier molecular flexibility index (Phi) is 3.85. The summed E-state index contributed by atoms with van der Waals surface area (Å²) < 4.78 is 27.5. The Hall–Kier alpha value is -1.99. The molecule has 7 heteroatoms. The van der Waals surface area contributed by atoms with Crippen molar-refractivity contribution in [3.63, 3.8) is 0 Å². The van der Waals surface area contributed by atoms with Crippen molar-refractivity contribution in [3.8, 4) is 0 Å². The molecular formula is C14H16N4O2S. The first-order valence-corrected chi connectivity index (χ1v) is 8.22. The number of benzene rings is 1. The molecule has 1 aliphatic carbocycles. The third-order valence-corrected chi connectivity index (χ3v) is 4.72. The van der Waals surface area contributed by atoms with E-state index in [1.807, 2.05) is 12.1 Å². The second-order valence-corrected chi connectivity index (χ2v) is 6.65. The van der Waals surface area contributed by atoms with E-state index >= 15 is 0 Å². The van der Waals surface area contributed by atoms with Gasteiger partial charge in [0.25, 0.3) is 10.0 Å². The quantitative estimate of drug-likeness (QED) is 0.845. The maximum atomic E-state index is 12.5. The molecular weight excluding hydrogens is 288 g/mol. The molecule has 0 amide bonds. The second kappa shape index (κ2) is 5.79. The van der Waals surface area contributed by atoms with Crippen molar-refractivity contribution in [3.05, 3.63) is 48.5 Å². The van der Waals surface area contributed by atoms with Crippen LogP contribution in [0, 0.1) is 0 Å². The smallest absolute Gasteiger partial charge is 0.262 e. The van der Waals surface area contributed by atoms with Crippen LogP contribution in [0.2, 0.25) is 0 Å². The fraction of sp³-hybridized carbons (Fsp3) is 0.286. The molecule has 0 aliphatic heterocycles. The van der Waals surface area contributed by atoms with E-state index in [0.717, 1.165) is 18.4 Å². The molecule has 3 rings (SSSR count). The topological polar surface area (TPSA) is 84.0 Å². The van der Waals surface area contributed by atoms with Crippen molar-refractivity contribution in [1.82, 2.24) is 15.3 Å². The Labute approximate surface area is 123 Å². The molecule has 1 aromatic carbocycles. The highest BCUT2D eigenvalue weighted by molar-refractivity contribution is 7.92. The maximum absolute atomic E-state index is 12.5. The number of hydrogen-bond acceptors (Lipinski definition) is 5. The summed E-state index contributed by atoms with van der Waals surface area (Å²) in [6.45, 7) is 0.549. The van der Waals surface area contributed by atoms with Crippen molar-refractivity contribution in [2.45, 2.75) is 30.3 Å². The first-order valence-electron chi connectivity index (χ1n) is 6.74. The predicted octanol–water partition coefficient (Wildman–Crippen LogP) is 1.53. The van der Waals surface area contributed by atoms with E-state index < -0.39 is 10.0 Å². The molecule has 0 bridgehead atoms. The number of rotatable bonds is 6. The van der Waals surface area contributed by atoms with Gasteiger partial charge in [0.05, 0.1) is 23.0 Å². The normalized spacial score (nSPS) is 14.9.